The summed E-state index contributed by atoms with van der Waals surface area (Å²) in [4.78, 5) is 25.2. The van der Waals surface area contributed by atoms with Crippen molar-refractivity contribution in [3.05, 3.63) is 29.8 Å². The molecule has 0 bridgehead atoms. The van der Waals surface area contributed by atoms with Crippen LogP contribution in [0.3, 0.4) is 0 Å². The number of fused-ring (bicyclic) bond motifs is 1. The van der Waals surface area contributed by atoms with E-state index < -0.39 is 0 Å². The number of thioether (sulfide) groups is 1. The first-order valence-corrected chi connectivity index (χ1v) is 7.54. The molecule has 3 rings (SSSR count). The summed E-state index contributed by atoms with van der Waals surface area (Å²) < 4.78 is 0. The van der Waals surface area contributed by atoms with Gasteiger partial charge in [-0.3, -0.25) is 9.59 Å². The Morgan fingerprint density at radius 3 is 3.05 bits per heavy atom. The second-order valence-corrected chi connectivity index (χ2v) is 5.96. The van der Waals surface area contributed by atoms with Crippen molar-refractivity contribution >= 4 is 23.6 Å². The lowest BCUT2D eigenvalue weighted by Gasteiger charge is -2.24. The van der Waals surface area contributed by atoms with Gasteiger partial charge < -0.3 is 10.6 Å². The molecule has 1 fully saturated rings. The van der Waals surface area contributed by atoms with Crippen molar-refractivity contribution in [1.82, 2.24) is 10.6 Å². The largest absolute Gasteiger partial charge is 0.354 e. The van der Waals surface area contributed by atoms with Crippen molar-refractivity contribution in [2.24, 2.45) is 0 Å². The Kier molecular flexibility index (Phi) is 3.46. The lowest BCUT2D eigenvalue weighted by Crippen LogP contribution is -2.51. The average Bonchev–Trinajstić information content (AvgIpc) is 2.85. The fraction of sp³-hybridized carbons (Fsp3) is 0.429. The maximum atomic E-state index is 12.3. The number of benzene rings is 1. The van der Waals surface area contributed by atoms with Gasteiger partial charge in [-0.25, -0.2) is 0 Å². The van der Waals surface area contributed by atoms with Gasteiger partial charge >= 0.3 is 0 Å². The fourth-order valence-corrected chi connectivity index (χ4v) is 3.79. The van der Waals surface area contributed by atoms with Gasteiger partial charge in [0.2, 0.25) is 11.8 Å². The molecule has 100 valence electrons. The van der Waals surface area contributed by atoms with Crippen molar-refractivity contribution in [2.45, 2.75) is 29.7 Å². The van der Waals surface area contributed by atoms with Crippen molar-refractivity contribution in [3.63, 3.8) is 0 Å². The second kappa shape index (κ2) is 5.25. The minimum absolute atomic E-state index is 0.0282. The zero-order chi connectivity index (χ0) is 13.2. The molecular weight excluding hydrogens is 260 g/mol. The third kappa shape index (κ3) is 2.47. The molecule has 0 aromatic heterocycles. The van der Waals surface area contributed by atoms with Gasteiger partial charge in [0.05, 0.1) is 5.92 Å². The van der Waals surface area contributed by atoms with Gasteiger partial charge in [0.25, 0.3) is 0 Å². The molecule has 2 N–H and O–H groups in total. The molecule has 2 atom stereocenters. The van der Waals surface area contributed by atoms with Gasteiger partial charge in [-0.05, 0) is 24.5 Å². The van der Waals surface area contributed by atoms with E-state index in [1.54, 1.807) is 11.8 Å². The van der Waals surface area contributed by atoms with Crippen LogP contribution in [0.2, 0.25) is 0 Å². The molecule has 4 nitrogen and oxygen atoms in total. The van der Waals surface area contributed by atoms with Crippen molar-refractivity contribution < 1.29 is 9.59 Å². The Balaban J connectivity index is 1.70. The molecule has 1 aromatic rings. The molecule has 0 saturated carbocycles. The van der Waals surface area contributed by atoms with E-state index >= 15 is 0 Å². The first-order chi connectivity index (χ1) is 9.25. The van der Waals surface area contributed by atoms with Crippen LogP contribution in [0.5, 0.6) is 0 Å². The Morgan fingerprint density at radius 1 is 1.37 bits per heavy atom. The summed E-state index contributed by atoms with van der Waals surface area (Å²) >= 11 is 1.71. The fourth-order valence-electron chi connectivity index (χ4n) is 2.56. The number of rotatable bonds is 2. The Labute approximate surface area is 116 Å². The summed E-state index contributed by atoms with van der Waals surface area (Å²) in [5, 5.41) is 5.68. The standard InChI is InChI=1S/C14H16N2O2S/c17-13(16-11-5-3-7-15-14(11)18)10-8-19-12-6-2-1-4-9(10)12/h1-2,4,6,10-11H,3,5,7-8H2,(H,15,18)(H,16,17). The maximum Gasteiger partial charge on any atom is 0.242 e. The molecule has 1 saturated heterocycles. The molecule has 2 unspecified atom stereocenters. The zero-order valence-corrected chi connectivity index (χ0v) is 11.3. The molecule has 19 heavy (non-hydrogen) atoms. The van der Waals surface area contributed by atoms with Crippen LogP contribution in [0.1, 0.15) is 24.3 Å². The summed E-state index contributed by atoms with van der Waals surface area (Å²) in [5.41, 5.74) is 1.08. The van der Waals surface area contributed by atoms with Crippen LogP contribution in [0.4, 0.5) is 0 Å². The van der Waals surface area contributed by atoms with Crippen LogP contribution in [0.15, 0.2) is 29.2 Å². The molecule has 0 spiro atoms. The molecule has 2 aliphatic heterocycles. The van der Waals surface area contributed by atoms with E-state index in [4.69, 9.17) is 0 Å². The molecule has 2 heterocycles. The quantitative estimate of drug-likeness (QED) is 0.855. The van der Waals surface area contributed by atoms with E-state index in [1.165, 1.54) is 4.90 Å². The minimum Gasteiger partial charge on any atom is -0.354 e. The zero-order valence-electron chi connectivity index (χ0n) is 10.5. The topological polar surface area (TPSA) is 58.2 Å². The Hall–Kier alpha value is -1.49. The number of amides is 2. The van der Waals surface area contributed by atoms with E-state index in [0.717, 1.165) is 24.2 Å². The molecular formula is C14H16N2O2S. The average molecular weight is 276 g/mol. The smallest absolute Gasteiger partial charge is 0.242 e. The van der Waals surface area contributed by atoms with Crippen molar-refractivity contribution in [2.75, 3.05) is 12.3 Å². The van der Waals surface area contributed by atoms with Crippen molar-refractivity contribution in [3.8, 4) is 0 Å². The van der Waals surface area contributed by atoms with Gasteiger partial charge in [0, 0.05) is 17.2 Å². The molecule has 0 aliphatic carbocycles. The van der Waals surface area contributed by atoms with Gasteiger partial charge in [0.15, 0.2) is 0 Å². The highest BCUT2D eigenvalue weighted by Crippen LogP contribution is 2.39. The van der Waals surface area contributed by atoms with Crippen LogP contribution in [0.25, 0.3) is 0 Å². The Morgan fingerprint density at radius 2 is 2.21 bits per heavy atom. The van der Waals surface area contributed by atoms with Crippen LogP contribution < -0.4 is 10.6 Å². The van der Waals surface area contributed by atoms with Gasteiger partial charge in [-0.1, -0.05) is 18.2 Å². The van der Waals surface area contributed by atoms with Gasteiger partial charge in [-0.2, -0.15) is 0 Å². The summed E-state index contributed by atoms with van der Waals surface area (Å²) in [6.45, 7) is 0.716. The summed E-state index contributed by atoms with van der Waals surface area (Å²) in [6.07, 6.45) is 1.66. The molecule has 1 aromatic carbocycles. The van der Waals surface area contributed by atoms with E-state index in [1.807, 2.05) is 24.3 Å². The number of hydrogen-bond acceptors (Lipinski definition) is 3. The van der Waals surface area contributed by atoms with Gasteiger partial charge in [0.1, 0.15) is 6.04 Å². The number of hydrogen-bond donors (Lipinski definition) is 2. The third-order valence-electron chi connectivity index (χ3n) is 3.62. The van der Waals surface area contributed by atoms with Gasteiger partial charge in [-0.15, -0.1) is 11.8 Å². The second-order valence-electron chi connectivity index (χ2n) is 4.90. The van der Waals surface area contributed by atoms with Crippen LogP contribution in [-0.4, -0.2) is 30.2 Å². The predicted octanol–water partition coefficient (Wildman–Crippen LogP) is 1.27. The highest BCUT2D eigenvalue weighted by atomic mass is 32.2. The normalized spacial score (nSPS) is 25.6. The van der Waals surface area contributed by atoms with E-state index in [-0.39, 0.29) is 23.8 Å². The van der Waals surface area contributed by atoms with Crippen LogP contribution in [0, 0.1) is 0 Å². The monoisotopic (exact) mass is 276 g/mol. The van der Waals surface area contributed by atoms with E-state index in [2.05, 4.69) is 10.6 Å². The van der Waals surface area contributed by atoms with E-state index in [9.17, 15) is 9.59 Å². The number of piperidine rings is 1. The first-order valence-electron chi connectivity index (χ1n) is 6.55. The Bertz CT molecular complexity index is 518. The third-order valence-corrected chi connectivity index (χ3v) is 4.80. The lowest BCUT2D eigenvalue weighted by atomic mass is 9.99. The van der Waals surface area contributed by atoms with Crippen LogP contribution >= 0.6 is 11.8 Å². The first kappa shape index (κ1) is 12.5. The maximum absolute atomic E-state index is 12.3. The molecule has 5 heteroatoms. The molecule has 0 radical (unpaired) electrons. The van der Waals surface area contributed by atoms with Crippen molar-refractivity contribution in [1.29, 1.82) is 0 Å². The number of nitrogens with one attached hydrogen (secondary N) is 2. The minimum atomic E-state index is -0.362. The lowest BCUT2D eigenvalue weighted by molar-refractivity contribution is -0.130. The molecule has 2 aliphatic rings. The number of carbonyl (C=O) groups excluding carboxylic acids is 2. The number of carbonyl (C=O) groups is 2. The summed E-state index contributed by atoms with van der Waals surface area (Å²) in [5.74, 6) is 0.549. The highest BCUT2D eigenvalue weighted by Gasteiger charge is 2.32. The van der Waals surface area contributed by atoms with Crippen LogP contribution in [-0.2, 0) is 9.59 Å². The predicted molar refractivity (Wildman–Crippen MR) is 74.1 cm³/mol. The van der Waals surface area contributed by atoms with E-state index in [0.29, 0.717) is 6.54 Å². The summed E-state index contributed by atoms with van der Waals surface area (Å²) in [6, 6.07) is 7.62. The summed E-state index contributed by atoms with van der Waals surface area (Å²) in [7, 11) is 0. The highest BCUT2D eigenvalue weighted by molar-refractivity contribution is 7.99. The SMILES string of the molecule is O=C1NCCCC1NC(=O)C1CSc2ccccc21. The molecule has 2 amide bonds.